The molecule has 3 rings (SSSR count). The predicted molar refractivity (Wildman–Crippen MR) is 103 cm³/mol. The van der Waals surface area contributed by atoms with Crippen LogP contribution in [0, 0.1) is 13.8 Å². The van der Waals surface area contributed by atoms with Gasteiger partial charge in [-0.1, -0.05) is 28.1 Å². The van der Waals surface area contributed by atoms with Gasteiger partial charge in [0.1, 0.15) is 0 Å². The maximum Gasteiger partial charge on any atom is 0.321 e. The first-order chi connectivity index (χ1) is 11.5. The van der Waals surface area contributed by atoms with Crippen LogP contribution in [0.25, 0.3) is 0 Å². The summed E-state index contributed by atoms with van der Waals surface area (Å²) in [5.41, 5.74) is 4.41. The highest BCUT2D eigenvalue weighted by molar-refractivity contribution is 9.10. The Morgan fingerprint density at radius 2 is 1.67 bits per heavy atom. The summed E-state index contributed by atoms with van der Waals surface area (Å²) >= 11 is 3.46. The van der Waals surface area contributed by atoms with E-state index in [9.17, 15) is 4.79 Å². The molecule has 0 atom stereocenters. The maximum absolute atomic E-state index is 12.5. The minimum Gasteiger partial charge on any atom is -0.368 e. The van der Waals surface area contributed by atoms with Crippen molar-refractivity contribution in [2.75, 3.05) is 36.4 Å². The van der Waals surface area contributed by atoms with Gasteiger partial charge in [0.2, 0.25) is 0 Å². The number of halogens is 1. The van der Waals surface area contributed by atoms with Crippen molar-refractivity contribution in [3.63, 3.8) is 0 Å². The molecule has 2 amide bonds. The molecule has 1 fully saturated rings. The van der Waals surface area contributed by atoms with E-state index >= 15 is 0 Å². The van der Waals surface area contributed by atoms with Crippen molar-refractivity contribution in [3.05, 3.63) is 58.1 Å². The number of carbonyl (C=O) groups is 1. The Morgan fingerprint density at radius 3 is 2.33 bits per heavy atom. The van der Waals surface area contributed by atoms with Gasteiger partial charge in [0.05, 0.1) is 0 Å². The molecule has 1 aliphatic heterocycles. The largest absolute Gasteiger partial charge is 0.368 e. The first-order valence-corrected chi connectivity index (χ1v) is 8.96. The molecule has 24 heavy (non-hydrogen) atoms. The maximum atomic E-state index is 12.5. The normalized spacial score (nSPS) is 14.6. The molecule has 0 saturated carbocycles. The van der Waals surface area contributed by atoms with Gasteiger partial charge in [-0.15, -0.1) is 0 Å². The number of nitrogens with one attached hydrogen (secondary N) is 1. The third-order valence-electron chi connectivity index (χ3n) is 4.60. The second-order valence-electron chi connectivity index (χ2n) is 6.13. The number of carbonyl (C=O) groups excluding carboxylic acids is 1. The van der Waals surface area contributed by atoms with Crippen LogP contribution < -0.4 is 10.2 Å². The van der Waals surface area contributed by atoms with Crippen molar-refractivity contribution < 1.29 is 4.79 Å². The van der Waals surface area contributed by atoms with Crippen LogP contribution in [0.2, 0.25) is 0 Å². The molecule has 0 bridgehead atoms. The van der Waals surface area contributed by atoms with E-state index < -0.39 is 0 Å². The highest BCUT2D eigenvalue weighted by Gasteiger charge is 2.21. The average molecular weight is 388 g/mol. The summed E-state index contributed by atoms with van der Waals surface area (Å²) in [6.45, 7) is 7.25. The fraction of sp³-hybridized carbons (Fsp3) is 0.316. The summed E-state index contributed by atoms with van der Waals surface area (Å²) in [7, 11) is 0. The number of hydrogen-bond donors (Lipinski definition) is 1. The number of rotatable bonds is 2. The van der Waals surface area contributed by atoms with Crippen molar-refractivity contribution in [2.24, 2.45) is 0 Å². The monoisotopic (exact) mass is 387 g/mol. The van der Waals surface area contributed by atoms with Gasteiger partial charge in [0.25, 0.3) is 0 Å². The van der Waals surface area contributed by atoms with Gasteiger partial charge in [-0.3, -0.25) is 0 Å². The zero-order valence-electron chi connectivity index (χ0n) is 14.1. The summed E-state index contributed by atoms with van der Waals surface area (Å²) in [5.74, 6) is 0. The van der Waals surface area contributed by atoms with Gasteiger partial charge in [0, 0.05) is 42.0 Å². The van der Waals surface area contributed by atoms with Crippen LogP contribution in [0.1, 0.15) is 11.1 Å². The molecule has 0 spiro atoms. The fourth-order valence-electron chi connectivity index (χ4n) is 2.90. The van der Waals surface area contributed by atoms with E-state index in [4.69, 9.17) is 0 Å². The highest BCUT2D eigenvalue weighted by Crippen LogP contribution is 2.21. The Hall–Kier alpha value is -2.01. The van der Waals surface area contributed by atoms with Crippen LogP contribution in [0.15, 0.2) is 46.9 Å². The third kappa shape index (κ3) is 3.73. The molecule has 0 unspecified atom stereocenters. The molecule has 4 nitrogen and oxygen atoms in total. The SMILES string of the molecule is Cc1cccc(NC(=O)N2CCN(c3ccc(Br)cc3)CC2)c1C. The highest BCUT2D eigenvalue weighted by atomic mass is 79.9. The molecule has 1 aliphatic rings. The summed E-state index contributed by atoms with van der Waals surface area (Å²) in [4.78, 5) is 16.7. The zero-order valence-corrected chi connectivity index (χ0v) is 15.6. The Balaban J connectivity index is 1.59. The summed E-state index contributed by atoms with van der Waals surface area (Å²) < 4.78 is 1.08. The first kappa shape index (κ1) is 16.8. The number of urea groups is 1. The van der Waals surface area contributed by atoms with Gasteiger partial charge in [0.15, 0.2) is 0 Å². The Labute approximate surface area is 151 Å². The number of hydrogen-bond acceptors (Lipinski definition) is 2. The number of benzene rings is 2. The molecular formula is C19H22BrN3O. The van der Waals surface area contributed by atoms with E-state index in [1.807, 2.05) is 24.0 Å². The summed E-state index contributed by atoms with van der Waals surface area (Å²) in [5, 5.41) is 3.05. The van der Waals surface area contributed by atoms with Crippen LogP contribution in [-0.2, 0) is 0 Å². The van der Waals surface area contributed by atoms with Gasteiger partial charge in [-0.2, -0.15) is 0 Å². The Bertz CT molecular complexity index is 722. The van der Waals surface area contributed by atoms with Crippen molar-refractivity contribution in [2.45, 2.75) is 13.8 Å². The lowest BCUT2D eigenvalue weighted by atomic mass is 10.1. The number of piperazine rings is 1. The van der Waals surface area contributed by atoms with Gasteiger partial charge >= 0.3 is 6.03 Å². The topological polar surface area (TPSA) is 35.6 Å². The van der Waals surface area contributed by atoms with Crippen LogP contribution >= 0.6 is 15.9 Å². The number of aryl methyl sites for hydroxylation is 1. The summed E-state index contributed by atoms with van der Waals surface area (Å²) in [6, 6.07) is 14.3. The van der Waals surface area contributed by atoms with Gasteiger partial charge in [-0.05, 0) is 55.3 Å². The van der Waals surface area contributed by atoms with Crippen LogP contribution in [0.3, 0.4) is 0 Å². The molecule has 2 aromatic rings. The van der Waals surface area contributed by atoms with Crippen molar-refractivity contribution in [3.8, 4) is 0 Å². The molecule has 2 aromatic carbocycles. The average Bonchev–Trinajstić information content (AvgIpc) is 2.60. The molecular weight excluding hydrogens is 366 g/mol. The molecule has 5 heteroatoms. The third-order valence-corrected chi connectivity index (χ3v) is 5.13. The molecule has 126 valence electrons. The standard InChI is InChI=1S/C19H22BrN3O/c1-14-4-3-5-18(15(14)2)21-19(24)23-12-10-22(11-13-23)17-8-6-16(20)7-9-17/h3-9H,10-13H2,1-2H3,(H,21,24). The van der Waals surface area contributed by atoms with Gasteiger partial charge in [-0.25, -0.2) is 4.79 Å². The molecule has 0 radical (unpaired) electrons. The van der Waals surface area contributed by atoms with Crippen LogP contribution in [-0.4, -0.2) is 37.1 Å². The van der Waals surface area contributed by atoms with Crippen molar-refractivity contribution >= 4 is 33.3 Å². The number of anilines is 2. The Morgan fingerprint density at radius 1 is 1.00 bits per heavy atom. The lowest BCUT2D eigenvalue weighted by molar-refractivity contribution is 0.208. The van der Waals surface area contributed by atoms with Crippen LogP contribution in [0.4, 0.5) is 16.2 Å². The van der Waals surface area contributed by atoms with E-state index in [2.05, 4.69) is 63.4 Å². The van der Waals surface area contributed by atoms with Crippen LogP contribution in [0.5, 0.6) is 0 Å². The van der Waals surface area contributed by atoms with E-state index in [0.29, 0.717) is 0 Å². The number of amides is 2. The molecule has 1 saturated heterocycles. The van der Waals surface area contributed by atoms with E-state index in [1.165, 1.54) is 11.3 Å². The lowest BCUT2D eigenvalue weighted by Crippen LogP contribution is -2.50. The minimum absolute atomic E-state index is 0.0147. The molecule has 1 heterocycles. The Kier molecular flexibility index (Phi) is 5.09. The molecule has 0 aliphatic carbocycles. The molecule has 0 aromatic heterocycles. The van der Waals surface area contributed by atoms with Gasteiger partial charge < -0.3 is 15.1 Å². The lowest BCUT2D eigenvalue weighted by Gasteiger charge is -2.36. The quantitative estimate of drug-likeness (QED) is 0.827. The molecule has 1 N–H and O–H groups in total. The summed E-state index contributed by atoms with van der Waals surface area (Å²) in [6.07, 6.45) is 0. The van der Waals surface area contributed by atoms with Crippen molar-refractivity contribution in [1.82, 2.24) is 4.90 Å². The number of nitrogens with zero attached hydrogens (tertiary/aromatic N) is 2. The second-order valence-corrected chi connectivity index (χ2v) is 7.04. The predicted octanol–water partition coefficient (Wildman–Crippen LogP) is 4.42. The van der Waals surface area contributed by atoms with E-state index in [0.717, 1.165) is 41.9 Å². The van der Waals surface area contributed by atoms with E-state index in [-0.39, 0.29) is 6.03 Å². The first-order valence-electron chi connectivity index (χ1n) is 8.17. The van der Waals surface area contributed by atoms with E-state index in [1.54, 1.807) is 0 Å². The van der Waals surface area contributed by atoms with Crippen molar-refractivity contribution in [1.29, 1.82) is 0 Å². The fourth-order valence-corrected chi connectivity index (χ4v) is 3.16. The smallest absolute Gasteiger partial charge is 0.321 e. The second kappa shape index (κ2) is 7.26. The minimum atomic E-state index is -0.0147. The zero-order chi connectivity index (χ0) is 17.1.